The van der Waals surface area contributed by atoms with E-state index in [0.29, 0.717) is 28.3 Å². The number of hydrogen-bond donors (Lipinski definition) is 1. The average molecular weight is 261 g/mol. The quantitative estimate of drug-likeness (QED) is 0.864. The van der Waals surface area contributed by atoms with E-state index in [2.05, 4.69) is 10.3 Å². The van der Waals surface area contributed by atoms with Crippen molar-refractivity contribution in [2.24, 2.45) is 0 Å². The largest absolute Gasteiger partial charge is 0.307 e. The van der Waals surface area contributed by atoms with Crippen LogP contribution in [0.4, 0.5) is 5.82 Å². The summed E-state index contributed by atoms with van der Waals surface area (Å²) in [5.41, 5.74) is 0.825. The van der Waals surface area contributed by atoms with Gasteiger partial charge in [-0.1, -0.05) is 23.7 Å². The topological polar surface area (TPSA) is 59.1 Å². The van der Waals surface area contributed by atoms with E-state index in [4.69, 9.17) is 11.6 Å². The van der Waals surface area contributed by atoms with Gasteiger partial charge in [-0.3, -0.25) is 9.59 Å². The number of carbonyl (C=O) groups is 2. The first-order valence-electron chi connectivity index (χ1n) is 5.18. The van der Waals surface area contributed by atoms with E-state index in [0.717, 1.165) is 0 Å². The van der Waals surface area contributed by atoms with Crippen LogP contribution in [0.2, 0.25) is 5.02 Å². The van der Waals surface area contributed by atoms with Crippen molar-refractivity contribution in [3.05, 3.63) is 58.7 Å². The minimum Gasteiger partial charge on any atom is -0.307 e. The first-order valence-corrected chi connectivity index (χ1v) is 5.55. The minimum atomic E-state index is -0.341. The minimum absolute atomic E-state index is 0.341. The molecule has 0 radical (unpaired) electrons. The van der Waals surface area contributed by atoms with E-state index in [-0.39, 0.29) is 5.91 Å². The van der Waals surface area contributed by atoms with E-state index < -0.39 is 0 Å². The molecule has 0 saturated carbocycles. The molecule has 18 heavy (non-hydrogen) atoms. The third kappa shape index (κ3) is 2.73. The lowest BCUT2D eigenvalue weighted by molar-refractivity contribution is 0.102. The molecule has 0 unspecified atom stereocenters. The Morgan fingerprint density at radius 1 is 1.22 bits per heavy atom. The van der Waals surface area contributed by atoms with Crippen LogP contribution in [-0.2, 0) is 0 Å². The number of carbonyl (C=O) groups excluding carboxylic acids is 2. The standard InChI is InChI=1S/C13H9ClN2O2/c14-11-4-2-1-3-10(11)13(18)16-12-6-5-9(8-17)7-15-12/h1-8H,(H,15,16,18). The van der Waals surface area contributed by atoms with Crippen molar-refractivity contribution in [2.75, 3.05) is 5.32 Å². The van der Waals surface area contributed by atoms with Crippen LogP contribution in [0.5, 0.6) is 0 Å². The third-order valence-electron chi connectivity index (χ3n) is 2.28. The lowest BCUT2D eigenvalue weighted by atomic mass is 10.2. The second kappa shape index (κ2) is 5.42. The van der Waals surface area contributed by atoms with Crippen LogP contribution in [-0.4, -0.2) is 17.2 Å². The molecule has 2 rings (SSSR count). The van der Waals surface area contributed by atoms with Gasteiger partial charge in [-0.05, 0) is 24.3 Å². The number of pyridine rings is 1. The molecule has 0 atom stereocenters. The van der Waals surface area contributed by atoms with E-state index in [1.165, 1.54) is 6.20 Å². The number of benzene rings is 1. The Bertz CT molecular complexity index is 582. The molecule has 1 amide bonds. The fourth-order valence-corrected chi connectivity index (χ4v) is 1.60. The Morgan fingerprint density at radius 3 is 2.61 bits per heavy atom. The molecule has 0 spiro atoms. The van der Waals surface area contributed by atoms with E-state index >= 15 is 0 Å². The number of aldehydes is 1. The molecule has 0 fully saturated rings. The molecule has 1 heterocycles. The van der Waals surface area contributed by atoms with E-state index in [1.54, 1.807) is 36.4 Å². The van der Waals surface area contributed by atoms with Gasteiger partial charge in [0.2, 0.25) is 0 Å². The monoisotopic (exact) mass is 260 g/mol. The first-order chi connectivity index (χ1) is 8.70. The van der Waals surface area contributed by atoms with Crippen LogP contribution in [0.25, 0.3) is 0 Å². The highest BCUT2D eigenvalue weighted by Crippen LogP contribution is 2.16. The molecule has 4 nitrogen and oxygen atoms in total. The normalized spacial score (nSPS) is 9.83. The van der Waals surface area contributed by atoms with Gasteiger partial charge in [0.1, 0.15) is 5.82 Å². The molecular formula is C13H9ClN2O2. The molecule has 0 aliphatic carbocycles. The van der Waals surface area contributed by atoms with Crippen molar-refractivity contribution in [3.63, 3.8) is 0 Å². The maximum absolute atomic E-state index is 11.9. The van der Waals surface area contributed by atoms with E-state index in [1.807, 2.05) is 0 Å². The Hall–Kier alpha value is -2.20. The predicted octanol–water partition coefficient (Wildman–Crippen LogP) is 2.80. The smallest absolute Gasteiger partial charge is 0.258 e. The SMILES string of the molecule is O=Cc1ccc(NC(=O)c2ccccc2Cl)nc1. The summed E-state index contributed by atoms with van der Waals surface area (Å²) < 4.78 is 0. The van der Waals surface area contributed by atoms with Crippen molar-refractivity contribution in [1.82, 2.24) is 4.98 Å². The number of anilines is 1. The number of amides is 1. The fraction of sp³-hybridized carbons (Fsp3) is 0. The molecule has 0 aliphatic heterocycles. The highest BCUT2D eigenvalue weighted by molar-refractivity contribution is 6.34. The second-order valence-corrected chi connectivity index (χ2v) is 3.94. The lowest BCUT2D eigenvalue weighted by Gasteiger charge is -2.05. The Kier molecular flexibility index (Phi) is 3.69. The van der Waals surface area contributed by atoms with Crippen LogP contribution in [0.3, 0.4) is 0 Å². The third-order valence-corrected chi connectivity index (χ3v) is 2.61. The van der Waals surface area contributed by atoms with Crippen molar-refractivity contribution in [2.45, 2.75) is 0 Å². The summed E-state index contributed by atoms with van der Waals surface area (Å²) >= 11 is 5.91. The van der Waals surface area contributed by atoms with Gasteiger partial charge in [0.05, 0.1) is 10.6 Å². The van der Waals surface area contributed by atoms with Gasteiger partial charge in [0, 0.05) is 11.8 Å². The Morgan fingerprint density at radius 2 is 2.00 bits per heavy atom. The summed E-state index contributed by atoms with van der Waals surface area (Å²) in [5.74, 6) is 0.0254. The zero-order chi connectivity index (χ0) is 13.0. The van der Waals surface area contributed by atoms with Crippen LogP contribution >= 0.6 is 11.6 Å². The molecule has 0 aliphatic rings. The maximum Gasteiger partial charge on any atom is 0.258 e. The van der Waals surface area contributed by atoms with Crippen molar-refractivity contribution in [1.29, 1.82) is 0 Å². The summed E-state index contributed by atoms with van der Waals surface area (Å²) in [6.07, 6.45) is 2.07. The highest BCUT2D eigenvalue weighted by atomic mass is 35.5. The van der Waals surface area contributed by atoms with Crippen molar-refractivity contribution in [3.8, 4) is 0 Å². The van der Waals surface area contributed by atoms with Gasteiger partial charge in [-0.15, -0.1) is 0 Å². The fourth-order valence-electron chi connectivity index (χ4n) is 1.38. The van der Waals surface area contributed by atoms with Gasteiger partial charge in [-0.25, -0.2) is 4.98 Å². The van der Waals surface area contributed by atoms with Crippen LogP contribution in [0.1, 0.15) is 20.7 Å². The Balaban J connectivity index is 2.16. The lowest BCUT2D eigenvalue weighted by Crippen LogP contribution is -2.13. The molecule has 0 bridgehead atoms. The number of aromatic nitrogens is 1. The number of nitrogens with one attached hydrogen (secondary N) is 1. The molecule has 1 N–H and O–H groups in total. The molecule has 1 aromatic carbocycles. The van der Waals surface area contributed by atoms with Gasteiger partial charge >= 0.3 is 0 Å². The molecule has 5 heteroatoms. The van der Waals surface area contributed by atoms with Crippen molar-refractivity contribution >= 4 is 29.6 Å². The molecule has 90 valence electrons. The van der Waals surface area contributed by atoms with Crippen LogP contribution < -0.4 is 5.32 Å². The predicted molar refractivity (Wildman–Crippen MR) is 69.0 cm³/mol. The number of hydrogen-bond acceptors (Lipinski definition) is 3. The molecule has 2 aromatic rings. The molecule has 1 aromatic heterocycles. The summed E-state index contributed by atoms with van der Waals surface area (Å²) in [7, 11) is 0. The van der Waals surface area contributed by atoms with E-state index in [9.17, 15) is 9.59 Å². The Labute approximate surface area is 109 Å². The summed E-state index contributed by atoms with van der Waals surface area (Å²) in [6.45, 7) is 0. The number of nitrogens with zero attached hydrogens (tertiary/aromatic N) is 1. The average Bonchev–Trinajstić information content (AvgIpc) is 2.40. The first kappa shape index (κ1) is 12.3. The van der Waals surface area contributed by atoms with Crippen LogP contribution in [0, 0.1) is 0 Å². The zero-order valence-corrected chi connectivity index (χ0v) is 10.0. The zero-order valence-electron chi connectivity index (χ0n) is 9.26. The summed E-state index contributed by atoms with van der Waals surface area (Å²) in [5, 5.41) is 2.97. The highest BCUT2D eigenvalue weighted by Gasteiger charge is 2.09. The van der Waals surface area contributed by atoms with Crippen molar-refractivity contribution < 1.29 is 9.59 Å². The molecule has 0 saturated heterocycles. The van der Waals surface area contributed by atoms with Crippen LogP contribution in [0.15, 0.2) is 42.6 Å². The summed E-state index contributed by atoms with van der Waals surface area (Å²) in [4.78, 5) is 26.3. The van der Waals surface area contributed by atoms with Gasteiger partial charge < -0.3 is 5.32 Å². The maximum atomic E-state index is 11.9. The number of halogens is 1. The van der Waals surface area contributed by atoms with Gasteiger partial charge in [0.15, 0.2) is 6.29 Å². The van der Waals surface area contributed by atoms with Gasteiger partial charge in [0.25, 0.3) is 5.91 Å². The van der Waals surface area contributed by atoms with Gasteiger partial charge in [-0.2, -0.15) is 0 Å². The second-order valence-electron chi connectivity index (χ2n) is 3.53. The molecular weight excluding hydrogens is 252 g/mol. The number of rotatable bonds is 3. The summed E-state index contributed by atoms with van der Waals surface area (Å²) in [6, 6.07) is 9.86.